The van der Waals surface area contributed by atoms with Gasteiger partial charge in [-0.2, -0.15) is 0 Å². The number of benzene rings is 2. The Labute approximate surface area is 186 Å². The van der Waals surface area contributed by atoms with Gasteiger partial charge >= 0.3 is 18.2 Å². The normalized spacial score (nSPS) is 14.5. The molecule has 0 aliphatic heterocycles. The first-order valence-corrected chi connectivity index (χ1v) is 10.3. The van der Waals surface area contributed by atoms with Crippen LogP contribution in [0.4, 0.5) is 9.59 Å². The molecule has 0 saturated heterocycles. The first kappa shape index (κ1) is 23.1. The maximum atomic E-state index is 12.5. The Morgan fingerprint density at radius 3 is 1.94 bits per heavy atom. The summed E-state index contributed by atoms with van der Waals surface area (Å²) in [4.78, 5) is 36.1. The van der Waals surface area contributed by atoms with E-state index in [1.807, 2.05) is 48.5 Å². The molecule has 3 N–H and O–H groups in total. The molecule has 0 spiro atoms. The summed E-state index contributed by atoms with van der Waals surface area (Å²) in [6.07, 6.45) is -1.66. The lowest BCUT2D eigenvalue weighted by Crippen LogP contribution is -2.59. The van der Waals surface area contributed by atoms with Crippen molar-refractivity contribution in [2.45, 2.75) is 44.8 Å². The fraction of sp³-hybridized carbons (Fsp3) is 0.375. The van der Waals surface area contributed by atoms with Crippen LogP contribution in [-0.4, -0.2) is 47.6 Å². The first-order chi connectivity index (χ1) is 15.0. The number of amides is 2. The average molecular weight is 440 g/mol. The van der Waals surface area contributed by atoms with Crippen molar-refractivity contribution < 1.29 is 29.0 Å². The van der Waals surface area contributed by atoms with Crippen molar-refractivity contribution in [3.63, 3.8) is 0 Å². The van der Waals surface area contributed by atoms with Crippen LogP contribution in [0.3, 0.4) is 0 Å². The number of fused-ring (bicyclic) bond motifs is 3. The van der Waals surface area contributed by atoms with Gasteiger partial charge in [-0.3, -0.25) is 0 Å². The fourth-order valence-electron chi connectivity index (χ4n) is 3.60. The van der Waals surface area contributed by atoms with Gasteiger partial charge in [0.2, 0.25) is 0 Å². The van der Waals surface area contributed by atoms with Crippen LogP contribution in [0, 0.1) is 0 Å². The Kier molecular flexibility index (Phi) is 6.43. The number of aliphatic carboxylic acids is 1. The van der Waals surface area contributed by atoms with Gasteiger partial charge in [-0.1, -0.05) is 48.5 Å². The third kappa shape index (κ3) is 5.19. The summed E-state index contributed by atoms with van der Waals surface area (Å²) in [5.41, 5.74) is 1.77. The van der Waals surface area contributed by atoms with E-state index >= 15 is 0 Å². The van der Waals surface area contributed by atoms with E-state index in [4.69, 9.17) is 9.47 Å². The number of carbonyl (C=O) groups is 3. The molecule has 0 bridgehead atoms. The molecule has 0 saturated carbocycles. The lowest BCUT2D eigenvalue weighted by Gasteiger charge is -2.27. The van der Waals surface area contributed by atoms with Crippen LogP contribution >= 0.6 is 0 Å². The minimum absolute atomic E-state index is 0.0506. The summed E-state index contributed by atoms with van der Waals surface area (Å²) in [6.45, 7) is 6.04. The molecule has 1 aliphatic carbocycles. The zero-order valence-electron chi connectivity index (χ0n) is 18.6. The Balaban J connectivity index is 1.64. The second-order valence-electron chi connectivity index (χ2n) is 8.94. The molecule has 8 nitrogen and oxygen atoms in total. The molecular formula is C24H28N2O6. The molecule has 0 heterocycles. The van der Waals surface area contributed by atoms with E-state index in [-0.39, 0.29) is 19.1 Å². The highest BCUT2D eigenvalue weighted by Crippen LogP contribution is 2.44. The van der Waals surface area contributed by atoms with Gasteiger partial charge in [0.25, 0.3) is 0 Å². The fourth-order valence-corrected chi connectivity index (χ4v) is 3.60. The van der Waals surface area contributed by atoms with E-state index < -0.39 is 29.3 Å². The predicted octanol–water partition coefficient (Wildman–Crippen LogP) is 3.89. The Bertz CT molecular complexity index is 984. The van der Waals surface area contributed by atoms with Crippen LogP contribution in [0.15, 0.2) is 48.5 Å². The van der Waals surface area contributed by atoms with Crippen molar-refractivity contribution in [2.24, 2.45) is 0 Å². The van der Waals surface area contributed by atoms with Gasteiger partial charge in [0, 0.05) is 5.92 Å². The molecule has 170 valence electrons. The molecule has 32 heavy (non-hydrogen) atoms. The molecule has 2 aromatic rings. The minimum atomic E-state index is -1.78. The van der Waals surface area contributed by atoms with E-state index in [0.717, 1.165) is 22.3 Å². The Morgan fingerprint density at radius 1 is 0.906 bits per heavy atom. The van der Waals surface area contributed by atoms with Gasteiger partial charge in [0.05, 0.1) is 6.54 Å². The predicted molar refractivity (Wildman–Crippen MR) is 118 cm³/mol. The van der Waals surface area contributed by atoms with Crippen molar-refractivity contribution in [3.8, 4) is 11.1 Å². The minimum Gasteiger partial charge on any atom is -0.479 e. The molecule has 0 fully saturated rings. The Morgan fingerprint density at radius 2 is 1.44 bits per heavy atom. The van der Waals surface area contributed by atoms with Crippen LogP contribution in [0.5, 0.6) is 0 Å². The number of nitrogens with one attached hydrogen (secondary N) is 2. The van der Waals surface area contributed by atoms with E-state index in [0.29, 0.717) is 0 Å². The highest BCUT2D eigenvalue weighted by Gasteiger charge is 2.37. The maximum absolute atomic E-state index is 12.5. The summed E-state index contributed by atoms with van der Waals surface area (Å²) in [5.74, 6) is -1.47. The third-order valence-corrected chi connectivity index (χ3v) is 5.18. The zero-order chi connectivity index (χ0) is 23.5. The maximum Gasteiger partial charge on any atom is 0.408 e. The summed E-state index contributed by atoms with van der Waals surface area (Å²) in [7, 11) is 0. The quantitative estimate of drug-likeness (QED) is 0.628. The van der Waals surface area contributed by atoms with Crippen molar-refractivity contribution >= 4 is 18.2 Å². The van der Waals surface area contributed by atoms with Crippen molar-refractivity contribution in [3.05, 3.63) is 59.7 Å². The molecule has 2 aromatic carbocycles. The highest BCUT2D eigenvalue weighted by atomic mass is 16.6. The van der Waals surface area contributed by atoms with Crippen LogP contribution in [-0.2, 0) is 14.3 Å². The smallest absolute Gasteiger partial charge is 0.408 e. The van der Waals surface area contributed by atoms with Crippen LogP contribution in [0.25, 0.3) is 11.1 Å². The third-order valence-electron chi connectivity index (χ3n) is 5.18. The SMILES string of the molecule is CC(C)(C)OC(=O)NC[C@](C)(NC(=O)OCC1c2ccccc2-c2ccccc21)C(=O)O. The molecule has 0 aromatic heterocycles. The second-order valence-corrected chi connectivity index (χ2v) is 8.94. The molecule has 0 unspecified atom stereocenters. The lowest BCUT2D eigenvalue weighted by molar-refractivity contribution is -0.143. The summed E-state index contributed by atoms with van der Waals surface area (Å²) in [6, 6.07) is 15.8. The van der Waals surface area contributed by atoms with Crippen LogP contribution in [0.2, 0.25) is 0 Å². The molecule has 1 atom stereocenters. The van der Waals surface area contributed by atoms with Crippen LogP contribution < -0.4 is 10.6 Å². The molecule has 2 amide bonds. The molecular weight excluding hydrogens is 412 g/mol. The molecule has 0 radical (unpaired) electrons. The number of alkyl carbamates (subject to hydrolysis) is 2. The number of carboxylic acid groups (broad SMARTS) is 1. The monoisotopic (exact) mass is 440 g/mol. The van der Waals surface area contributed by atoms with Crippen molar-refractivity contribution in [1.82, 2.24) is 10.6 Å². The van der Waals surface area contributed by atoms with E-state index in [1.54, 1.807) is 20.8 Å². The molecule has 1 aliphatic rings. The molecule has 8 heteroatoms. The largest absolute Gasteiger partial charge is 0.479 e. The van der Waals surface area contributed by atoms with Gasteiger partial charge in [-0.25, -0.2) is 14.4 Å². The van der Waals surface area contributed by atoms with Gasteiger partial charge < -0.3 is 25.2 Å². The van der Waals surface area contributed by atoms with Crippen molar-refractivity contribution in [2.75, 3.05) is 13.2 Å². The molecule has 3 rings (SSSR count). The number of rotatable bonds is 6. The standard InChI is InChI=1S/C24H28N2O6/c1-23(2,3)32-21(29)25-14-24(4,20(27)28)26-22(30)31-13-19-17-11-7-5-9-15(17)16-10-6-8-12-18(16)19/h5-12,19H,13-14H2,1-4H3,(H,25,29)(H,26,30)(H,27,28)/t24-/m0/s1. The van der Waals surface area contributed by atoms with E-state index in [9.17, 15) is 19.5 Å². The van der Waals surface area contributed by atoms with Gasteiger partial charge in [-0.05, 0) is 49.9 Å². The second kappa shape index (κ2) is 8.90. The average Bonchev–Trinajstić information content (AvgIpc) is 3.03. The summed E-state index contributed by atoms with van der Waals surface area (Å²) >= 11 is 0. The summed E-state index contributed by atoms with van der Waals surface area (Å²) < 4.78 is 10.5. The van der Waals surface area contributed by atoms with E-state index in [2.05, 4.69) is 10.6 Å². The van der Waals surface area contributed by atoms with Crippen LogP contribution in [0.1, 0.15) is 44.7 Å². The Hall–Kier alpha value is -3.55. The number of hydrogen-bond donors (Lipinski definition) is 3. The number of hydrogen-bond acceptors (Lipinski definition) is 5. The number of carboxylic acids is 1. The van der Waals surface area contributed by atoms with Gasteiger partial charge in [-0.15, -0.1) is 0 Å². The van der Waals surface area contributed by atoms with E-state index in [1.165, 1.54) is 6.92 Å². The first-order valence-electron chi connectivity index (χ1n) is 10.3. The number of carbonyl (C=O) groups excluding carboxylic acids is 2. The highest BCUT2D eigenvalue weighted by molar-refractivity contribution is 5.85. The van der Waals surface area contributed by atoms with Gasteiger partial charge in [0.1, 0.15) is 12.2 Å². The topological polar surface area (TPSA) is 114 Å². The zero-order valence-corrected chi connectivity index (χ0v) is 18.6. The van der Waals surface area contributed by atoms with Gasteiger partial charge in [0.15, 0.2) is 5.54 Å². The number of ether oxygens (including phenoxy) is 2. The summed E-state index contributed by atoms with van der Waals surface area (Å²) in [5, 5.41) is 14.3. The lowest BCUT2D eigenvalue weighted by atomic mass is 9.98. The van der Waals surface area contributed by atoms with Crippen molar-refractivity contribution in [1.29, 1.82) is 0 Å².